The van der Waals surface area contributed by atoms with E-state index in [1.807, 2.05) is 73.6 Å². The molecule has 2 aromatic carbocycles. The van der Waals surface area contributed by atoms with Gasteiger partial charge in [-0.25, -0.2) is 4.99 Å². The Kier molecular flexibility index (Phi) is 6.43. The summed E-state index contributed by atoms with van der Waals surface area (Å²) in [5, 5.41) is 0.472. The Hall–Kier alpha value is -2.05. The van der Waals surface area contributed by atoms with E-state index in [0.717, 1.165) is 11.4 Å². The maximum absolute atomic E-state index is 5.88. The number of para-hydroxylation sites is 1. The molecule has 23 heavy (non-hydrogen) atoms. The Morgan fingerprint density at radius 1 is 1.00 bits per heavy atom. The molecule has 0 heterocycles. The number of hydrogen-bond acceptors (Lipinski definition) is 5. The van der Waals surface area contributed by atoms with Crippen LogP contribution in [0.25, 0.3) is 0 Å². The molecular formula is C17H18N2O2S2. The number of methoxy groups -OCH3 is 1. The minimum atomic E-state index is 0.472. The third-order valence-electron chi connectivity index (χ3n) is 2.78. The van der Waals surface area contributed by atoms with Crippen LogP contribution >= 0.6 is 24.0 Å². The summed E-state index contributed by atoms with van der Waals surface area (Å²) in [6.07, 6.45) is 0. The van der Waals surface area contributed by atoms with Crippen LogP contribution in [0.1, 0.15) is 0 Å². The van der Waals surface area contributed by atoms with Crippen LogP contribution in [0.5, 0.6) is 11.5 Å². The minimum absolute atomic E-state index is 0.472. The van der Waals surface area contributed by atoms with E-state index < -0.39 is 0 Å². The molecule has 0 saturated heterocycles. The second-order valence-electron chi connectivity index (χ2n) is 4.75. The van der Waals surface area contributed by atoms with Crippen LogP contribution in [-0.4, -0.2) is 35.7 Å². The van der Waals surface area contributed by atoms with Gasteiger partial charge in [-0.15, -0.1) is 0 Å². The lowest BCUT2D eigenvalue weighted by atomic mass is 10.3. The molecule has 0 unspecified atom stereocenters. The molecule has 0 aliphatic carbocycles. The zero-order valence-corrected chi connectivity index (χ0v) is 14.9. The van der Waals surface area contributed by atoms with Crippen LogP contribution < -0.4 is 9.47 Å². The molecule has 0 amide bonds. The van der Waals surface area contributed by atoms with Gasteiger partial charge in [-0.1, -0.05) is 30.4 Å². The predicted molar refractivity (Wildman–Crippen MR) is 101 cm³/mol. The highest BCUT2D eigenvalue weighted by Gasteiger charge is 2.10. The highest BCUT2D eigenvalue weighted by molar-refractivity contribution is 8.32. The number of benzene rings is 2. The van der Waals surface area contributed by atoms with Gasteiger partial charge in [-0.2, -0.15) is 0 Å². The van der Waals surface area contributed by atoms with Crippen molar-refractivity contribution in [2.45, 2.75) is 0 Å². The van der Waals surface area contributed by atoms with E-state index in [4.69, 9.17) is 21.7 Å². The lowest BCUT2D eigenvalue weighted by molar-refractivity contribution is 0.414. The van der Waals surface area contributed by atoms with E-state index in [-0.39, 0.29) is 0 Å². The Bertz CT molecular complexity index is 671. The van der Waals surface area contributed by atoms with Crippen molar-refractivity contribution < 1.29 is 9.47 Å². The molecule has 120 valence electrons. The molecule has 2 aromatic rings. The van der Waals surface area contributed by atoms with E-state index in [1.54, 1.807) is 7.11 Å². The Labute approximate surface area is 146 Å². The average Bonchev–Trinajstić information content (AvgIpc) is 2.56. The second kappa shape index (κ2) is 8.55. The Morgan fingerprint density at radius 3 is 2.17 bits per heavy atom. The third kappa shape index (κ3) is 5.58. The second-order valence-corrected chi connectivity index (χ2v) is 6.34. The largest absolute Gasteiger partial charge is 0.497 e. The fourth-order valence-electron chi connectivity index (χ4n) is 1.58. The van der Waals surface area contributed by atoms with Gasteiger partial charge in [0.05, 0.1) is 12.8 Å². The lowest BCUT2D eigenvalue weighted by Crippen LogP contribution is -2.19. The van der Waals surface area contributed by atoms with E-state index in [2.05, 4.69) is 4.99 Å². The number of rotatable bonds is 3. The van der Waals surface area contributed by atoms with Crippen molar-refractivity contribution in [3.63, 3.8) is 0 Å². The van der Waals surface area contributed by atoms with Crippen LogP contribution in [0.3, 0.4) is 0 Å². The highest BCUT2D eigenvalue weighted by atomic mass is 32.2. The first-order valence-electron chi connectivity index (χ1n) is 6.93. The van der Waals surface area contributed by atoms with E-state index >= 15 is 0 Å². The SMILES string of the molecule is COc1ccc(OC(=Nc2ccccc2)SC(=S)N(C)C)cc1. The minimum Gasteiger partial charge on any atom is -0.497 e. The summed E-state index contributed by atoms with van der Waals surface area (Å²) in [5.41, 5.74) is 0.810. The van der Waals surface area contributed by atoms with Gasteiger partial charge in [0.15, 0.2) is 0 Å². The number of aliphatic imine (C=N–C) groups is 1. The molecule has 6 heteroatoms. The van der Waals surface area contributed by atoms with Crippen LogP contribution in [0.15, 0.2) is 59.6 Å². The van der Waals surface area contributed by atoms with Crippen molar-refractivity contribution in [1.82, 2.24) is 4.90 Å². The fourth-order valence-corrected chi connectivity index (χ4v) is 2.42. The van der Waals surface area contributed by atoms with Crippen molar-refractivity contribution in [2.24, 2.45) is 4.99 Å². The molecule has 0 bridgehead atoms. The highest BCUT2D eigenvalue weighted by Crippen LogP contribution is 2.22. The smallest absolute Gasteiger partial charge is 0.263 e. The van der Waals surface area contributed by atoms with Crippen LogP contribution in [0.4, 0.5) is 5.69 Å². The molecule has 0 saturated carbocycles. The summed E-state index contributed by atoms with van der Waals surface area (Å²) in [6.45, 7) is 0. The standard InChI is InChI=1S/C17H18N2O2S2/c1-19(2)17(22)23-16(18-13-7-5-4-6-8-13)21-15-11-9-14(20-3)10-12-15/h4-12H,1-3H3. The molecule has 0 spiro atoms. The molecule has 2 rings (SSSR count). The van der Waals surface area contributed by atoms with E-state index in [9.17, 15) is 0 Å². The molecule has 0 fully saturated rings. The molecule has 0 atom stereocenters. The number of thiocarbonyl (C=S) groups is 1. The van der Waals surface area contributed by atoms with Crippen molar-refractivity contribution >= 4 is 39.2 Å². The third-order valence-corrected chi connectivity index (χ3v) is 4.29. The van der Waals surface area contributed by atoms with Crippen LogP contribution in [-0.2, 0) is 0 Å². The molecule has 0 radical (unpaired) electrons. The molecule has 0 N–H and O–H groups in total. The maximum Gasteiger partial charge on any atom is 0.263 e. The zero-order valence-electron chi connectivity index (χ0n) is 13.2. The number of nitrogens with zero attached hydrogens (tertiary/aromatic N) is 2. The van der Waals surface area contributed by atoms with Crippen molar-refractivity contribution in [3.05, 3.63) is 54.6 Å². The molecular weight excluding hydrogens is 328 g/mol. The first-order chi connectivity index (χ1) is 11.1. The quantitative estimate of drug-likeness (QED) is 0.469. The monoisotopic (exact) mass is 346 g/mol. The van der Waals surface area contributed by atoms with E-state index in [0.29, 0.717) is 15.3 Å². The number of hydrogen-bond donors (Lipinski definition) is 0. The summed E-state index contributed by atoms with van der Waals surface area (Å²) < 4.78 is 11.7. The van der Waals surface area contributed by atoms with Crippen molar-refractivity contribution in [3.8, 4) is 11.5 Å². The summed E-state index contributed by atoms with van der Waals surface area (Å²) in [7, 11) is 5.41. The first kappa shape index (κ1) is 17.3. The van der Waals surface area contributed by atoms with Crippen molar-refractivity contribution in [2.75, 3.05) is 21.2 Å². The number of thioether (sulfide) groups is 1. The summed E-state index contributed by atoms with van der Waals surface area (Å²) in [6, 6.07) is 17.0. The maximum atomic E-state index is 5.88. The predicted octanol–water partition coefficient (Wildman–Crippen LogP) is 4.34. The summed E-state index contributed by atoms with van der Waals surface area (Å²) in [5.74, 6) is 1.45. The van der Waals surface area contributed by atoms with Gasteiger partial charge in [-0.05, 0) is 48.2 Å². The average molecular weight is 346 g/mol. The topological polar surface area (TPSA) is 34.1 Å². The van der Waals surface area contributed by atoms with Crippen LogP contribution in [0.2, 0.25) is 0 Å². The van der Waals surface area contributed by atoms with Gasteiger partial charge in [0.2, 0.25) is 0 Å². The number of ether oxygens (including phenoxy) is 2. The zero-order chi connectivity index (χ0) is 16.7. The van der Waals surface area contributed by atoms with Crippen LogP contribution in [0, 0.1) is 0 Å². The van der Waals surface area contributed by atoms with Gasteiger partial charge in [0.1, 0.15) is 15.8 Å². The van der Waals surface area contributed by atoms with Gasteiger partial charge in [0.25, 0.3) is 5.23 Å². The van der Waals surface area contributed by atoms with Gasteiger partial charge >= 0.3 is 0 Å². The first-order valence-corrected chi connectivity index (χ1v) is 8.16. The van der Waals surface area contributed by atoms with Gasteiger partial charge < -0.3 is 14.4 Å². The molecule has 0 aromatic heterocycles. The Morgan fingerprint density at radius 2 is 1.61 bits per heavy atom. The van der Waals surface area contributed by atoms with Crippen molar-refractivity contribution in [1.29, 1.82) is 0 Å². The summed E-state index contributed by atoms with van der Waals surface area (Å²) in [4.78, 5) is 6.38. The molecule has 0 aliphatic rings. The molecule has 4 nitrogen and oxygen atoms in total. The van der Waals surface area contributed by atoms with Gasteiger partial charge in [0, 0.05) is 14.1 Å². The van der Waals surface area contributed by atoms with E-state index in [1.165, 1.54) is 11.8 Å². The molecule has 0 aliphatic heterocycles. The van der Waals surface area contributed by atoms with Gasteiger partial charge in [-0.3, -0.25) is 0 Å². The normalized spacial score (nSPS) is 11.0. The fraction of sp³-hybridized carbons (Fsp3) is 0.176. The summed E-state index contributed by atoms with van der Waals surface area (Å²) >= 11 is 6.64. The Balaban J connectivity index is 2.21. The lowest BCUT2D eigenvalue weighted by Gasteiger charge is -2.14.